The monoisotopic (exact) mass is 608 g/mol. The van der Waals surface area contributed by atoms with E-state index in [9.17, 15) is 15.0 Å². The molecule has 5 rings (SSSR count). The van der Waals surface area contributed by atoms with Crippen molar-refractivity contribution in [1.29, 1.82) is 0 Å². The first-order valence-corrected chi connectivity index (χ1v) is 17.3. The van der Waals surface area contributed by atoms with Crippen LogP contribution < -0.4 is 0 Å². The number of aliphatic hydroxyl groups is 2. The Morgan fingerprint density at radius 2 is 1.93 bits per heavy atom. The van der Waals surface area contributed by atoms with Gasteiger partial charge in [-0.05, 0) is 126 Å². The van der Waals surface area contributed by atoms with Gasteiger partial charge >= 0.3 is 5.97 Å². The van der Waals surface area contributed by atoms with E-state index in [-0.39, 0.29) is 22.9 Å². The summed E-state index contributed by atoms with van der Waals surface area (Å²) in [7, 11) is 0. The Morgan fingerprint density at radius 1 is 1.18 bits per heavy atom. The molecule has 2 N–H and O–H groups in total. The van der Waals surface area contributed by atoms with E-state index in [2.05, 4.69) is 44.7 Å². The van der Waals surface area contributed by atoms with Gasteiger partial charge in [0.15, 0.2) is 5.82 Å². The summed E-state index contributed by atoms with van der Waals surface area (Å²) in [6.07, 6.45) is 15.2. The zero-order chi connectivity index (χ0) is 31.9. The van der Waals surface area contributed by atoms with Crippen LogP contribution in [0.3, 0.4) is 0 Å². The molecule has 1 aromatic heterocycles. The quantitative estimate of drug-likeness (QED) is 0.264. The minimum absolute atomic E-state index is 0.167. The second-order valence-electron chi connectivity index (χ2n) is 15.8. The fourth-order valence-electron chi connectivity index (χ4n) is 8.64. The van der Waals surface area contributed by atoms with Crippen molar-refractivity contribution in [1.82, 2.24) is 10.1 Å². The van der Waals surface area contributed by atoms with Gasteiger partial charge < -0.3 is 19.5 Å². The molecule has 0 spiro atoms. The Bertz CT molecular complexity index is 1270. The first-order valence-electron chi connectivity index (χ1n) is 17.3. The highest BCUT2D eigenvalue weighted by molar-refractivity contribution is 5.75. The molecule has 4 aliphatic carbocycles. The molecule has 4 saturated carbocycles. The predicted molar refractivity (Wildman–Crippen MR) is 172 cm³/mol. The van der Waals surface area contributed by atoms with Crippen molar-refractivity contribution in [2.75, 3.05) is 0 Å². The van der Waals surface area contributed by atoms with E-state index >= 15 is 0 Å². The smallest absolute Gasteiger partial charge is 0.311 e. The third-order valence-corrected chi connectivity index (χ3v) is 11.5. The lowest BCUT2D eigenvalue weighted by atomic mass is 9.60. The van der Waals surface area contributed by atoms with Crippen LogP contribution in [0.2, 0.25) is 0 Å². The van der Waals surface area contributed by atoms with Gasteiger partial charge in [0.2, 0.25) is 5.89 Å². The van der Waals surface area contributed by atoms with Crippen LogP contribution in [0.5, 0.6) is 0 Å². The average molecular weight is 609 g/mol. The van der Waals surface area contributed by atoms with Gasteiger partial charge in [0, 0.05) is 12.8 Å². The SMILES string of the molecule is C=C1/C(=C\C=C2/CCC[C@]3(C)[C@@H]([C@H](C)CC[C@@H](OC(=O)C(C)(C)C)C4(c5nc(CCC)no5)CC4)CC[C@@H]23)C[C@@H](O)C[C@@H]1O. The highest BCUT2D eigenvalue weighted by atomic mass is 16.5. The van der Waals surface area contributed by atoms with Crippen molar-refractivity contribution < 1.29 is 24.3 Å². The van der Waals surface area contributed by atoms with Gasteiger partial charge in [0.25, 0.3) is 0 Å². The van der Waals surface area contributed by atoms with E-state index in [0.29, 0.717) is 36.5 Å². The van der Waals surface area contributed by atoms with Gasteiger partial charge in [-0.15, -0.1) is 0 Å². The van der Waals surface area contributed by atoms with Crippen LogP contribution in [-0.4, -0.2) is 44.6 Å². The highest BCUT2D eigenvalue weighted by Gasteiger charge is 2.58. The van der Waals surface area contributed by atoms with Gasteiger partial charge in [0.1, 0.15) is 6.10 Å². The highest BCUT2D eigenvalue weighted by Crippen LogP contribution is 2.60. The number of ether oxygens (including phenoxy) is 1. The van der Waals surface area contributed by atoms with Gasteiger partial charge in [-0.1, -0.05) is 50.2 Å². The number of nitrogens with zero attached hydrogens (tertiary/aromatic N) is 2. The van der Waals surface area contributed by atoms with E-state index in [1.807, 2.05) is 20.8 Å². The number of aliphatic hydroxyl groups excluding tert-OH is 2. The maximum Gasteiger partial charge on any atom is 0.311 e. The fraction of sp³-hybridized carbons (Fsp3) is 0.757. The van der Waals surface area contributed by atoms with Crippen LogP contribution in [0, 0.1) is 28.6 Å². The Balaban J connectivity index is 1.30. The lowest BCUT2D eigenvalue weighted by molar-refractivity contribution is -0.161. The Labute approximate surface area is 264 Å². The largest absolute Gasteiger partial charge is 0.461 e. The van der Waals surface area contributed by atoms with E-state index in [1.54, 1.807) is 0 Å². The summed E-state index contributed by atoms with van der Waals surface area (Å²) < 4.78 is 12.1. The number of allylic oxidation sites excluding steroid dienone is 3. The molecule has 0 radical (unpaired) electrons. The van der Waals surface area contributed by atoms with Crippen LogP contribution >= 0.6 is 0 Å². The number of rotatable bonds is 10. The lowest BCUT2D eigenvalue weighted by Crippen LogP contribution is -2.38. The standard InChI is InChI=1S/C37H56N2O5/c1-8-10-32-38-33(44-39-32)37(19-20-37)31(43-34(42)35(4,5)6)17-12-23(2)28-15-16-29-25(11-9-18-36(28,29)7)13-14-26-21-27(40)22-30(41)24(26)3/h13-14,23,27-31,40-41H,3,8-12,15-22H2,1-2,4-7H3/b25-13+,26-14-/t23-,27-,28-,29+,30+,31-,36-/m1/s1. The van der Waals surface area contributed by atoms with Crippen LogP contribution in [-0.2, 0) is 21.4 Å². The molecule has 0 unspecified atom stereocenters. The van der Waals surface area contributed by atoms with Crippen LogP contribution in [0.25, 0.3) is 0 Å². The topological polar surface area (TPSA) is 106 Å². The number of hydrogen-bond donors (Lipinski definition) is 2. The third kappa shape index (κ3) is 6.65. The number of hydrogen-bond acceptors (Lipinski definition) is 7. The zero-order valence-electron chi connectivity index (χ0n) is 28.0. The zero-order valence-corrected chi connectivity index (χ0v) is 28.0. The molecule has 1 aromatic rings. The maximum absolute atomic E-state index is 13.2. The summed E-state index contributed by atoms with van der Waals surface area (Å²) in [5.41, 5.74) is 2.54. The van der Waals surface area contributed by atoms with Gasteiger partial charge in [-0.25, -0.2) is 0 Å². The van der Waals surface area contributed by atoms with Crippen molar-refractivity contribution >= 4 is 5.97 Å². The number of fused-ring (bicyclic) bond motifs is 1. The second kappa shape index (κ2) is 12.9. The molecule has 4 fully saturated rings. The minimum Gasteiger partial charge on any atom is -0.461 e. The number of carbonyl (C=O) groups excluding carboxylic acids is 1. The molecule has 7 atom stereocenters. The van der Waals surface area contributed by atoms with Crippen LogP contribution in [0.15, 0.2) is 40.0 Å². The average Bonchev–Trinajstić information content (AvgIpc) is 3.48. The second-order valence-corrected chi connectivity index (χ2v) is 15.8. The van der Waals surface area contributed by atoms with Crippen molar-refractivity contribution in [2.24, 2.45) is 28.6 Å². The van der Waals surface area contributed by atoms with Crippen LogP contribution in [0.4, 0.5) is 0 Å². The summed E-state index contributed by atoms with van der Waals surface area (Å²) in [4.78, 5) is 17.9. The molecule has 44 heavy (non-hydrogen) atoms. The molecule has 7 nitrogen and oxygen atoms in total. The Kier molecular flexibility index (Phi) is 9.68. The molecule has 244 valence electrons. The van der Waals surface area contributed by atoms with Gasteiger partial charge in [0.05, 0.1) is 23.0 Å². The number of esters is 1. The molecule has 0 bridgehead atoms. The van der Waals surface area contributed by atoms with Crippen molar-refractivity contribution in [3.63, 3.8) is 0 Å². The molecule has 4 aliphatic rings. The van der Waals surface area contributed by atoms with E-state index in [1.165, 1.54) is 31.3 Å². The minimum atomic E-state index is -0.656. The van der Waals surface area contributed by atoms with E-state index in [4.69, 9.17) is 14.2 Å². The summed E-state index contributed by atoms with van der Waals surface area (Å²) in [6, 6.07) is 0. The third-order valence-electron chi connectivity index (χ3n) is 11.5. The molecular weight excluding hydrogens is 552 g/mol. The number of carbonyl (C=O) groups is 1. The van der Waals surface area contributed by atoms with Crippen molar-refractivity contribution in [3.05, 3.63) is 47.2 Å². The van der Waals surface area contributed by atoms with Crippen molar-refractivity contribution in [2.45, 2.75) is 149 Å². The Morgan fingerprint density at radius 3 is 2.61 bits per heavy atom. The number of aromatic nitrogens is 2. The molecule has 0 amide bonds. The molecule has 0 aromatic carbocycles. The maximum atomic E-state index is 13.2. The summed E-state index contributed by atoms with van der Waals surface area (Å²) in [6.45, 7) is 16.9. The Hall–Kier alpha value is -2.25. The summed E-state index contributed by atoms with van der Waals surface area (Å²) >= 11 is 0. The normalized spacial score (nSPS) is 33.3. The predicted octanol–water partition coefficient (Wildman–Crippen LogP) is 7.57. The lowest BCUT2D eigenvalue weighted by Gasteiger charge is -2.44. The summed E-state index contributed by atoms with van der Waals surface area (Å²) in [5, 5.41) is 24.7. The fourth-order valence-corrected chi connectivity index (χ4v) is 8.64. The molecule has 0 aliphatic heterocycles. The van der Waals surface area contributed by atoms with Gasteiger partial charge in [-0.2, -0.15) is 4.98 Å². The first-order chi connectivity index (χ1) is 20.8. The van der Waals surface area contributed by atoms with E-state index in [0.717, 1.165) is 61.9 Å². The number of aryl methyl sites for hydroxylation is 1. The van der Waals surface area contributed by atoms with Crippen LogP contribution in [0.1, 0.15) is 130 Å². The van der Waals surface area contributed by atoms with E-state index < -0.39 is 17.6 Å². The molecule has 7 heteroatoms. The molecule has 0 saturated heterocycles. The van der Waals surface area contributed by atoms with Gasteiger partial charge in [-0.3, -0.25) is 4.79 Å². The molecular formula is C37H56N2O5. The van der Waals surface area contributed by atoms with Crippen molar-refractivity contribution in [3.8, 4) is 0 Å². The first kappa shape index (κ1) is 33.1. The summed E-state index contributed by atoms with van der Waals surface area (Å²) in [5.74, 6) is 2.86. The molecule has 1 heterocycles.